The van der Waals surface area contributed by atoms with E-state index in [0.717, 1.165) is 12.0 Å². The Hall–Kier alpha value is -0.870. The highest BCUT2D eigenvalue weighted by atomic mass is 32.2. The van der Waals surface area contributed by atoms with E-state index in [4.69, 9.17) is 5.73 Å². The standard InChI is InChI=1S/C12H17NO2S/c1-9-2-5-11(6-3-9)16(14,15)12-7-4-10(13)8-12/h2-3,5-6,10,12H,4,7-8,13H2,1H3. The molecule has 1 fully saturated rings. The van der Waals surface area contributed by atoms with Crippen LogP contribution in [-0.2, 0) is 9.84 Å². The second kappa shape index (κ2) is 4.18. The number of hydrogen-bond donors (Lipinski definition) is 1. The van der Waals surface area contributed by atoms with E-state index >= 15 is 0 Å². The van der Waals surface area contributed by atoms with Crippen LogP contribution in [0, 0.1) is 6.92 Å². The fourth-order valence-electron chi connectivity index (χ4n) is 2.18. The second-order valence-electron chi connectivity index (χ2n) is 4.55. The molecule has 88 valence electrons. The molecule has 1 saturated carbocycles. The van der Waals surface area contributed by atoms with Gasteiger partial charge in [-0.25, -0.2) is 8.42 Å². The summed E-state index contributed by atoms with van der Waals surface area (Å²) in [6, 6.07) is 7.09. The molecule has 0 bridgehead atoms. The Kier molecular flexibility index (Phi) is 3.04. The summed E-state index contributed by atoms with van der Waals surface area (Å²) in [5.41, 5.74) is 6.83. The summed E-state index contributed by atoms with van der Waals surface area (Å²) >= 11 is 0. The van der Waals surface area contributed by atoms with Crippen LogP contribution in [0.5, 0.6) is 0 Å². The first-order valence-corrected chi connectivity index (χ1v) is 7.11. The molecular weight excluding hydrogens is 222 g/mol. The van der Waals surface area contributed by atoms with Crippen LogP contribution in [0.2, 0.25) is 0 Å². The van der Waals surface area contributed by atoms with Crippen molar-refractivity contribution in [1.82, 2.24) is 0 Å². The van der Waals surface area contributed by atoms with Crippen LogP contribution in [0.1, 0.15) is 24.8 Å². The fraction of sp³-hybridized carbons (Fsp3) is 0.500. The van der Waals surface area contributed by atoms with Crippen molar-refractivity contribution < 1.29 is 8.42 Å². The zero-order valence-corrected chi connectivity index (χ0v) is 10.2. The lowest BCUT2D eigenvalue weighted by molar-refractivity contribution is 0.578. The number of rotatable bonds is 2. The molecule has 2 unspecified atom stereocenters. The maximum Gasteiger partial charge on any atom is 0.181 e. The fourth-order valence-corrected chi connectivity index (χ4v) is 4.02. The Morgan fingerprint density at radius 2 is 1.81 bits per heavy atom. The van der Waals surface area contributed by atoms with Gasteiger partial charge in [0.1, 0.15) is 0 Å². The predicted octanol–water partition coefficient (Wildman–Crippen LogP) is 1.65. The maximum atomic E-state index is 12.2. The monoisotopic (exact) mass is 239 g/mol. The van der Waals surface area contributed by atoms with Crippen LogP contribution in [0.25, 0.3) is 0 Å². The van der Waals surface area contributed by atoms with Crippen LogP contribution >= 0.6 is 0 Å². The zero-order valence-electron chi connectivity index (χ0n) is 9.39. The summed E-state index contributed by atoms with van der Waals surface area (Å²) in [6.45, 7) is 1.95. The molecule has 2 rings (SSSR count). The molecule has 0 aromatic heterocycles. The van der Waals surface area contributed by atoms with Crippen LogP contribution in [-0.4, -0.2) is 19.7 Å². The number of benzene rings is 1. The van der Waals surface area contributed by atoms with Gasteiger partial charge in [0.2, 0.25) is 0 Å². The highest BCUT2D eigenvalue weighted by molar-refractivity contribution is 7.92. The van der Waals surface area contributed by atoms with Crippen molar-refractivity contribution in [2.75, 3.05) is 0 Å². The molecule has 1 aromatic carbocycles. The smallest absolute Gasteiger partial charge is 0.181 e. The van der Waals surface area contributed by atoms with Gasteiger partial charge in [0.15, 0.2) is 9.84 Å². The van der Waals surface area contributed by atoms with Crippen molar-refractivity contribution in [1.29, 1.82) is 0 Å². The van der Waals surface area contributed by atoms with E-state index in [1.54, 1.807) is 12.1 Å². The first-order valence-electron chi connectivity index (χ1n) is 5.56. The molecule has 1 aliphatic carbocycles. The Morgan fingerprint density at radius 1 is 1.19 bits per heavy atom. The first-order chi connectivity index (χ1) is 7.50. The molecule has 0 aliphatic heterocycles. The zero-order chi connectivity index (χ0) is 11.8. The lowest BCUT2D eigenvalue weighted by atomic mass is 10.2. The molecule has 4 heteroatoms. The third kappa shape index (κ3) is 2.13. The van der Waals surface area contributed by atoms with Gasteiger partial charge in [-0.05, 0) is 38.3 Å². The lowest BCUT2D eigenvalue weighted by Gasteiger charge is -2.11. The van der Waals surface area contributed by atoms with E-state index in [1.807, 2.05) is 19.1 Å². The third-order valence-corrected chi connectivity index (χ3v) is 5.45. The highest BCUT2D eigenvalue weighted by Crippen LogP contribution is 2.29. The summed E-state index contributed by atoms with van der Waals surface area (Å²) < 4.78 is 24.5. The van der Waals surface area contributed by atoms with Crippen molar-refractivity contribution in [2.24, 2.45) is 5.73 Å². The molecule has 0 saturated heterocycles. The molecule has 0 heterocycles. The van der Waals surface area contributed by atoms with Crippen LogP contribution in [0.4, 0.5) is 0 Å². The van der Waals surface area contributed by atoms with E-state index in [9.17, 15) is 8.42 Å². The van der Waals surface area contributed by atoms with E-state index in [1.165, 1.54) is 0 Å². The largest absolute Gasteiger partial charge is 0.328 e. The predicted molar refractivity (Wildman–Crippen MR) is 64.0 cm³/mol. The summed E-state index contributed by atoms with van der Waals surface area (Å²) in [5, 5.41) is -0.287. The molecule has 0 amide bonds. The van der Waals surface area contributed by atoms with Gasteiger partial charge in [-0.15, -0.1) is 0 Å². The normalized spacial score (nSPS) is 25.9. The Balaban J connectivity index is 2.29. The van der Waals surface area contributed by atoms with Gasteiger partial charge >= 0.3 is 0 Å². The average molecular weight is 239 g/mol. The topological polar surface area (TPSA) is 60.2 Å². The van der Waals surface area contributed by atoms with Crippen LogP contribution in [0.15, 0.2) is 29.2 Å². The van der Waals surface area contributed by atoms with E-state index in [-0.39, 0.29) is 11.3 Å². The molecule has 16 heavy (non-hydrogen) atoms. The molecule has 0 spiro atoms. The average Bonchev–Trinajstić information content (AvgIpc) is 2.66. The molecule has 2 N–H and O–H groups in total. The van der Waals surface area contributed by atoms with Gasteiger partial charge in [-0.1, -0.05) is 17.7 Å². The number of sulfone groups is 1. The number of aryl methyl sites for hydroxylation is 1. The molecule has 1 aromatic rings. The van der Waals surface area contributed by atoms with Gasteiger partial charge in [-0.3, -0.25) is 0 Å². The van der Waals surface area contributed by atoms with Crippen molar-refractivity contribution in [3.05, 3.63) is 29.8 Å². The summed E-state index contributed by atoms with van der Waals surface area (Å²) in [5.74, 6) is 0. The van der Waals surface area contributed by atoms with Crippen molar-refractivity contribution >= 4 is 9.84 Å². The van der Waals surface area contributed by atoms with Crippen LogP contribution in [0.3, 0.4) is 0 Å². The number of nitrogens with two attached hydrogens (primary N) is 1. The van der Waals surface area contributed by atoms with Crippen LogP contribution < -0.4 is 5.73 Å². The molecule has 3 nitrogen and oxygen atoms in total. The van der Waals surface area contributed by atoms with E-state index in [2.05, 4.69) is 0 Å². The Morgan fingerprint density at radius 3 is 2.31 bits per heavy atom. The molecular formula is C12H17NO2S. The lowest BCUT2D eigenvalue weighted by Crippen LogP contribution is -2.22. The Labute approximate surface area is 96.6 Å². The third-order valence-electron chi connectivity index (χ3n) is 3.21. The van der Waals surface area contributed by atoms with Crippen molar-refractivity contribution in [3.63, 3.8) is 0 Å². The summed E-state index contributed by atoms with van der Waals surface area (Å²) in [4.78, 5) is 0.428. The minimum Gasteiger partial charge on any atom is -0.328 e. The molecule has 1 aliphatic rings. The molecule has 2 atom stereocenters. The molecule has 0 radical (unpaired) electrons. The Bertz CT molecular complexity index is 464. The van der Waals surface area contributed by atoms with Gasteiger partial charge < -0.3 is 5.73 Å². The van der Waals surface area contributed by atoms with E-state index < -0.39 is 9.84 Å². The van der Waals surface area contributed by atoms with Gasteiger partial charge in [0, 0.05) is 6.04 Å². The van der Waals surface area contributed by atoms with E-state index in [0.29, 0.717) is 17.7 Å². The van der Waals surface area contributed by atoms with Gasteiger partial charge in [0.25, 0.3) is 0 Å². The summed E-state index contributed by atoms with van der Waals surface area (Å²) in [6.07, 6.45) is 2.10. The summed E-state index contributed by atoms with van der Waals surface area (Å²) in [7, 11) is -3.17. The minimum atomic E-state index is -3.17. The van der Waals surface area contributed by atoms with Gasteiger partial charge in [0.05, 0.1) is 10.1 Å². The van der Waals surface area contributed by atoms with Gasteiger partial charge in [-0.2, -0.15) is 0 Å². The first kappa shape index (κ1) is 11.6. The minimum absolute atomic E-state index is 0.0465. The highest BCUT2D eigenvalue weighted by Gasteiger charge is 2.33. The van der Waals surface area contributed by atoms with Crippen molar-refractivity contribution in [3.8, 4) is 0 Å². The second-order valence-corrected chi connectivity index (χ2v) is 6.78. The SMILES string of the molecule is Cc1ccc(S(=O)(=O)C2CCC(N)C2)cc1. The van der Waals surface area contributed by atoms with Crippen molar-refractivity contribution in [2.45, 2.75) is 42.4 Å². The number of hydrogen-bond acceptors (Lipinski definition) is 3. The quantitative estimate of drug-likeness (QED) is 0.853. The maximum absolute atomic E-state index is 12.2.